The van der Waals surface area contributed by atoms with Crippen LogP contribution in [0.2, 0.25) is 0 Å². The molecule has 1 heterocycles. The van der Waals surface area contributed by atoms with Gasteiger partial charge in [-0.15, -0.1) is 5.73 Å². The molecule has 0 amide bonds. The molecule has 0 radical (unpaired) electrons. The van der Waals surface area contributed by atoms with Crippen molar-refractivity contribution in [3.63, 3.8) is 0 Å². The molecule has 0 N–H and O–H groups in total. The molecule has 0 bridgehead atoms. The maximum atomic E-state index is 3.33. The number of fused-ring (bicyclic) bond motifs is 3. The average Bonchev–Trinajstić information content (AvgIpc) is 2.99. The second-order valence-electron chi connectivity index (χ2n) is 4.43. The van der Waals surface area contributed by atoms with Gasteiger partial charge in [-0.3, -0.25) is 0 Å². The van der Waals surface area contributed by atoms with Crippen LogP contribution in [0.1, 0.15) is 0 Å². The predicted molar refractivity (Wildman–Crippen MR) is 75.0 cm³/mol. The van der Waals surface area contributed by atoms with E-state index < -0.39 is 0 Å². The van der Waals surface area contributed by atoms with Crippen molar-refractivity contribution in [2.75, 3.05) is 0 Å². The molecule has 4 rings (SSSR count). The van der Waals surface area contributed by atoms with E-state index in [1.54, 1.807) is 0 Å². The van der Waals surface area contributed by atoms with E-state index in [0.29, 0.717) is 0 Å². The Morgan fingerprint density at radius 3 is 2.50 bits per heavy atom. The standard InChI is InChI=1S/C17H11N/c1-2-7-13(8-3-1)18-16-11-5-4-9-14(16)15-10-6-12-17(15)18/h1-9,11-12H. The van der Waals surface area contributed by atoms with E-state index in [1.807, 2.05) is 12.1 Å². The van der Waals surface area contributed by atoms with E-state index in [0.717, 1.165) is 0 Å². The van der Waals surface area contributed by atoms with Gasteiger partial charge in [0, 0.05) is 16.3 Å². The van der Waals surface area contributed by atoms with Gasteiger partial charge in [0.05, 0.1) is 10.9 Å². The molecule has 0 aliphatic heterocycles. The van der Waals surface area contributed by atoms with Crippen molar-refractivity contribution < 1.29 is 0 Å². The van der Waals surface area contributed by atoms with Gasteiger partial charge in [0.25, 0.3) is 0 Å². The average molecular weight is 229 g/mol. The highest BCUT2D eigenvalue weighted by molar-refractivity contribution is 5.85. The van der Waals surface area contributed by atoms with Crippen LogP contribution in [0, 0.1) is 0 Å². The number of nitrogens with zero attached hydrogens (tertiary/aromatic N) is 1. The first-order chi connectivity index (χ1) is 8.95. The summed E-state index contributed by atoms with van der Waals surface area (Å²) in [4.78, 5) is 0. The molecule has 2 aromatic carbocycles. The number of aromatic nitrogens is 1. The van der Waals surface area contributed by atoms with E-state index in [9.17, 15) is 0 Å². The molecule has 0 spiro atoms. The second-order valence-corrected chi connectivity index (χ2v) is 4.43. The quantitative estimate of drug-likeness (QED) is 0.603. The van der Waals surface area contributed by atoms with Crippen LogP contribution in [0.15, 0.2) is 60.7 Å². The summed E-state index contributed by atoms with van der Waals surface area (Å²) < 4.78 is 2.29. The maximum absolute atomic E-state index is 3.33. The normalized spacial score (nSPS) is 12.2. The highest BCUT2D eigenvalue weighted by Crippen LogP contribution is 2.14. The molecule has 0 saturated carbocycles. The van der Waals surface area contributed by atoms with Gasteiger partial charge in [0.1, 0.15) is 0 Å². The van der Waals surface area contributed by atoms with Gasteiger partial charge in [-0.25, -0.2) is 0 Å². The second kappa shape index (κ2) is 3.49. The summed E-state index contributed by atoms with van der Waals surface area (Å²) in [5, 5.41) is 3.69. The zero-order chi connectivity index (χ0) is 11.9. The molecule has 0 unspecified atom stereocenters. The van der Waals surface area contributed by atoms with Gasteiger partial charge in [-0.2, -0.15) is 0 Å². The van der Waals surface area contributed by atoms with Crippen molar-refractivity contribution in [1.29, 1.82) is 0 Å². The summed E-state index contributed by atoms with van der Waals surface area (Å²) in [6, 6.07) is 19.0. The van der Waals surface area contributed by atoms with Crippen molar-refractivity contribution in [2.45, 2.75) is 0 Å². The minimum Gasteiger partial charge on any atom is -0.309 e. The van der Waals surface area contributed by atoms with Gasteiger partial charge < -0.3 is 4.57 Å². The minimum absolute atomic E-state index is 1.20. The molecule has 1 nitrogen and oxygen atoms in total. The lowest BCUT2D eigenvalue weighted by molar-refractivity contribution is 1.07. The van der Waals surface area contributed by atoms with Gasteiger partial charge >= 0.3 is 0 Å². The monoisotopic (exact) mass is 229 g/mol. The summed E-state index contributed by atoms with van der Waals surface area (Å²) in [5.41, 5.74) is 5.77. The number of hydrogen-bond donors (Lipinski definition) is 0. The third-order valence-corrected chi connectivity index (χ3v) is 3.39. The Balaban J connectivity index is 2.26. The topological polar surface area (TPSA) is 4.93 Å². The Morgan fingerprint density at radius 2 is 1.61 bits per heavy atom. The van der Waals surface area contributed by atoms with Crippen LogP contribution in [0.4, 0.5) is 0 Å². The Bertz CT molecular complexity index is 892. The lowest BCUT2D eigenvalue weighted by Crippen LogP contribution is -2.25. The molecule has 0 atom stereocenters. The molecule has 3 aromatic rings. The van der Waals surface area contributed by atoms with Crippen LogP contribution in [0.5, 0.6) is 0 Å². The largest absolute Gasteiger partial charge is 0.309 e. The van der Waals surface area contributed by atoms with Crippen LogP contribution in [0.25, 0.3) is 28.4 Å². The molecule has 1 aliphatic carbocycles. The van der Waals surface area contributed by atoms with Crippen LogP contribution < -0.4 is 10.6 Å². The van der Waals surface area contributed by atoms with Crippen LogP contribution in [0.3, 0.4) is 0 Å². The van der Waals surface area contributed by atoms with Crippen molar-refractivity contribution in [3.05, 3.63) is 71.2 Å². The maximum Gasteiger partial charge on any atom is 0.0625 e. The molecule has 0 saturated heterocycles. The summed E-state index contributed by atoms with van der Waals surface area (Å²) in [7, 11) is 0. The van der Waals surface area contributed by atoms with Crippen molar-refractivity contribution in [2.24, 2.45) is 0 Å². The van der Waals surface area contributed by atoms with E-state index >= 15 is 0 Å². The van der Waals surface area contributed by atoms with E-state index in [2.05, 4.69) is 64.9 Å². The highest BCUT2D eigenvalue weighted by atomic mass is 15.0. The Labute approximate surface area is 105 Å². The van der Waals surface area contributed by atoms with Crippen LogP contribution in [-0.2, 0) is 0 Å². The van der Waals surface area contributed by atoms with E-state index in [4.69, 9.17) is 0 Å². The molecule has 84 valence electrons. The minimum atomic E-state index is 1.20. The fourth-order valence-electron chi connectivity index (χ4n) is 2.63. The van der Waals surface area contributed by atoms with Crippen LogP contribution >= 0.6 is 0 Å². The van der Waals surface area contributed by atoms with Crippen LogP contribution in [-0.4, -0.2) is 4.57 Å². The molecule has 1 aromatic heterocycles. The lowest BCUT2D eigenvalue weighted by atomic mass is 10.2. The fourth-order valence-corrected chi connectivity index (χ4v) is 2.63. The van der Waals surface area contributed by atoms with Gasteiger partial charge in [0.2, 0.25) is 0 Å². The molecular weight excluding hydrogens is 218 g/mol. The summed E-state index contributed by atoms with van der Waals surface area (Å²) >= 11 is 0. The predicted octanol–water partition coefficient (Wildman–Crippen LogP) is 2.36. The number of rotatable bonds is 1. The first kappa shape index (κ1) is 9.52. The third kappa shape index (κ3) is 1.17. The molecule has 1 aliphatic rings. The highest BCUT2D eigenvalue weighted by Gasteiger charge is 2.09. The SMILES string of the molecule is C1=CC=c2c=1c1ccccc1n2-c1ccccc1. The lowest BCUT2D eigenvalue weighted by Gasteiger charge is -2.05. The number of para-hydroxylation sites is 2. The van der Waals surface area contributed by atoms with Gasteiger partial charge in [0.15, 0.2) is 0 Å². The number of benzene rings is 2. The van der Waals surface area contributed by atoms with Gasteiger partial charge in [-0.05, 0) is 30.4 Å². The van der Waals surface area contributed by atoms with E-state index in [1.165, 1.54) is 27.2 Å². The Morgan fingerprint density at radius 1 is 0.833 bits per heavy atom. The Kier molecular flexibility index (Phi) is 1.85. The summed E-state index contributed by atoms with van der Waals surface area (Å²) in [6.45, 7) is 0. The third-order valence-electron chi connectivity index (χ3n) is 3.39. The van der Waals surface area contributed by atoms with Crippen molar-refractivity contribution in [1.82, 2.24) is 4.57 Å². The zero-order valence-electron chi connectivity index (χ0n) is 9.80. The van der Waals surface area contributed by atoms with E-state index in [-0.39, 0.29) is 0 Å². The first-order valence-electron chi connectivity index (χ1n) is 6.07. The molecule has 18 heavy (non-hydrogen) atoms. The number of hydrogen-bond acceptors (Lipinski definition) is 0. The molecule has 0 fully saturated rings. The first-order valence-corrected chi connectivity index (χ1v) is 6.07. The zero-order valence-corrected chi connectivity index (χ0v) is 9.80. The Hall–Kier alpha value is -2.50. The van der Waals surface area contributed by atoms with Crippen molar-refractivity contribution >= 4 is 22.7 Å². The fraction of sp³-hybridized carbons (Fsp3) is 0. The van der Waals surface area contributed by atoms with Crippen molar-refractivity contribution in [3.8, 4) is 5.69 Å². The number of allylic oxidation sites excluding steroid dienone is 1. The summed E-state index contributed by atoms with van der Waals surface area (Å²) in [5.74, 6) is 0. The smallest absolute Gasteiger partial charge is 0.0625 e. The molecular formula is C17H11N. The molecule has 1 heteroatoms. The summed E-state index contributed by atoms with van der Waals surface area (Å²) in [6.07, 6.45) is 4.12. The van der Waals surface area contributed by atoms with Gasteiger partial charge in [-0.1, -0.05) is 36.4 Å².